The Kier molecular flexibility index (Phi) is 8.26. The summed E-state index contributed by atoms with van der Waals surface area (Å²) < 4.78 is 40.6. The molecule has 3 N–H and O–H groups in total. The van der Waals surface area contributed by atoms with Gasteiger partial charge in [-0.1, -0.05) is 29.3 Å². The number of amides is 2. The molecule has 0 aliphatic carbocycles. The average molecular weight is 552 g/mol. The molecular formula is C26H22Cl2F3N3O3. The number of rotatable bonds is 8. The lowest BCUT2D eigenvalue weighted by Crippen LogP contribution is -2.50. The number of nitrogens with zero attached hydrogens (tertiary/aromatic N) is 1. The van der Waals surface area contributed by atoms with Gasteiger partial charge in [-0.15, -0.1) is 0 Å². The molecule has 11 heteroatoms. The van der Waals surface area contributed by atoms with E-state index in [1.807, 2.05) is 4.90 Å². The standard InChI is InChI=1S/C26H22Cl2F3N3O3/c27-16-2-4-19(20(28)11-16)24(33-25(36)15-1-5-21(30)22(31)10-15)26(37)32-18(13-35)12-34-8-7-14-9-17(29)3-6-23(14)34/h1-6,9-11,18,24,35H,7-8,12-13H2,(H,32,37)(H,33,36). The highest BCUT2D eigenvalue weighted by atomic mass is 35.5. The number of halogens is 5. The molecule has 1 aliphatic rings. The van der Waals surface area contributed by atoms with E-state index in [1.165, 1.54) is 30.3 Å². The molecule has 37 heavy (non-hydrogen) atoms. The summed E-state index contributed by atoms with van der Waals surface area (Å²) in [6.07, 6.45) is 0.618. The van der Waals surface area contributed by atoms with Crippen LogP contribution in [0.25, 0.3) is 0 Å². The van der Waals surface area contributed by atoms with Gasteiger partial charge in [-0.3, -0.25) is 9.59 Å². The molecule has 2 amide bonds. The van der Waals surface area contributed by atoms with Gasteiger partial charge >= 0.3 is 0 Å². The van der Waals surface area contributed by atoms with E-state index in [-0.39, 0.29) is 28.5 Å². The minimum Gasteiger partial charge on any atom is -0.394 e. The summed E-state index contributed by atoms with van der Waals surface area (Å²) in [5.74, 6) is -4.22. The molecule has 194 valence electrons. The first-order chi connectivity index (χ1) is 17.7. The molecule has 0 bridgehead atoms. The molecule has 3 aromatic carbocycles. The van der Waals surface area contributed by atoms with Crippen molar-refractivity contribution in [3.63, 3.8) is 0 Å². The van der Waals surface area contributed by atoms with E-state index in [1.54, 1.807) is 6.07 Å². The van der Waals surface area contributed by atoms with Crippen LogP contribution in [0.2, 0.25) is 10.0 Å². The summed E-state index contributed by atoms with van der Waals surface area (Å²) in [6.45, 7) is 0.375. The van der Waals surface area contributed by atoms with Crippen LogP contribution in [0, 0.1) is 17.5 Å². The van der Waals surface area contributed by atoms with Crippen molar-refractivity contribution in [1.82, 2.24) is 10.6 Å². The van der Waals surface area contributed by atoms with E-state index >= 15 is 0 Å². The first kappa shape index (κ1) is 26.8. The van der Waals surface area contributed by atoms with Gasteiger partial charge in [0, 0.05) is 39.9 Å². The summed E-state index contributed by atoms with van der Waals surface area (Å²) in [5.41, 5.74) is 1.63. The highest BCUT2D eigenvalue weighted by molar-refractivity contribution is 6.35. The fourth-order valence-corrected chi connectivity index (χ4v) is 4.72. The molecule has 6 nitrogen and oxygen atoms in total. The van der Waals surface area contributed by atoms with Crippen molar-refractivity contribution >= 4 is 40.7 Å². The third kappa shape index (κ3) is 6.18. The SMILES string of the molecule is O=C(NC(C(=O)NC(CO)CN1CCc2cc(F)ccc21)c1ccc(Cl)cc1Cl)c1ccc(F)c(F)c1. The van der Waals surface area contributed by atoms with Crippen LogP contribution in [0.3, 0.4) is 0 Å². The maximum atomic E-state index is 13.7. The van der Waals surface area contributed by atoms with Gasteiger partial charge in [-0.2, -0.15) is 0 Å². The molecule has 4 rings (SSSR count). The second-order valence-corrected chi connectivity index (χ2v) is 9.40. The first-order valence-corrected chi connectivity index (χ1v) is 12.1. The van der Waals surface area contributed by atoms with Gasteiger partial charge in [-0.05, 0) is 60.5 Å². The van der Waals surface area contributed by atoms with Crippen molar-refractivity contribution in [3.8, 4) is 0 Å². The Labute approximate surface area is 221 Å². The van der Waals surface area contributed by atoms with Gasteiger partial charge in [0.1, 0.15) is 11.9 Å². The number of aliphatic hydroxyl groups excluding tert-OH is 1. The lowest BCUT2D eigenvalue weighted by molar-refractivity contribution is -0.124. The summed E-state index contributed by atoms with van der Waals surface area (Å²) in [7, 11) is 0. The zero-order valence-electron chi connectivity index (χ0n) is 19.3. The normalized spacial score (nSPS) is 14.2. The molecule has 0 spiro atoms. The monoisotopic (exact) mass is 551 g/mol. The first-order valence-electron chi connectivity index (χ1n) is 11.3. The number of anilines is 1. The minimum absolute atomic E-state index is 0.0919. The molecular weight excluding hydrogens is 530 g/mol. The Morgan fingerprint density at radius 2 is 1.76 bits per heavy atom. The smallest absolute Gasteiger partial charge is 0.252 e. The number of carbonyl (C=O) groups excluding carboxylic acids is 2. The van der Waals surface area contributed by atoms with Crippen LogP contribution < -0.4 is 15.5 Å². The average Bonchev–Trinajstić information content (AvgIpc) is 3.25. The number of fused-ring (bicyclic) bond motifs is 1. The summed E-state index contributed by atoms with van der Waals surface area (Å²) in [6, 6.07) is 9.27. The zero-order valence-corrected chi connectivity index (χ0v) is 20.8. The second-order valence-electron chi connectivity index (χ2n) is 8.56. The van der Waals surface area contributed by atoms with Crippen molar-refractivity contribution in [2.24, 2.45) is 0 Å². The topological polar surface area (TPSA) is 81.7 Å². The number of aliphatic hydroxyl groups is 1. The van der Waals surface area contributed by atoms with Crippen LogP contribution >= 0.6 is 23.2 Å². The van der Waals surface area contributed by atoms with Gasteiger partial charge in [0.2, 0.25) is 5.91 Å². The number of nitrogens with one attached hydrogen (secondary N) is 2. The fourth-order valence-electron chi connectivity index (χ4n) is 4.20. The maximum Gasteiger partial charge on any atom is 0.252 e. The number of benzene rings is 3. The highest BCUT2D eigenvalue weighted by Crippen LogP contribution is 2.29. The van der Waals surface area contributed by atoms with Crippen molar-refractivity contribution in [3.05, 3.63) is 98.8 Å². The maximum absolute atomic E-state index is 13.7. The summed E-state index contributed by atoms with van der Waals surface area (Å²) >= 11 is 12.3. The largest absolute Gasteiger partial charge is 0.394 e. The van der Waals surface area contributed by atoms with Crippen LogP contribution in [0.4, 0.5) is 18.9 Å². The molecule has 2 atom stereocenters. The Balaban J connectivity index is 1.55. The van der Waals surface area contributed by atoms with Crippen LogP contribution in [0.1, 0.15) is 27.5 Å². The molecule has 0 saturated carbocycles. The molecule has 2 unspecified atom stereocenters. The number of hydrogen-bond donors (Lipinski definition) is 3. The molecule has 3 aromatic rings. The van der Waals surface area contributed by atoms with E-state index in [4.69, 9.17) is 23.2 Å². The molecule has 0 saturated heterocycles. The second kappa shape index (κ2) is 11.4. The van der Waals surface area contributed by atoms with Crippen molar-refractivity contribution in [2.75, 3.05) is 24.6 Å². The van der Waals surface area contributed by atoms with Crippen LogP contribution in [-0.4, -0.2) is 42.7 Å². The van der Waals surface area contributed by atoms with E-state index < -0.39 is 42.1 Å². The Morgan fingerprint density at radius 3 is 2.46 bits per heavy atom. The lowest BCUT2D eigenvalue weighted by Gasteiger charge is -2.28. The molecule has 0 fully saturated rings. The quantitative estimate of drug-likeness (QED) is 0.387. The van der Waals surface area contributed by atoms with Gasteiger partial charge in [0.15, 0.2) is 11.6 Å². The van der Waals surface area contributed by atoms with Crippen molar-refractivity contribution < 1.29 is 27.9 Å². The molecule has 0 radical (unpaired) electrons. The zero-order chi connectivity index (χ0) is 26.7. The van der Waals surface area contributed by atoms with Gasteiger partial charge in [0.25, 0.3) is 5.91 Å². The number of hydrogen-bond acceptors (Lipinski definition) is 4. The van der Waals surface area contributed by atoms with E-state index in [0.717, 1.165) is 23.4 Å². The Morgan fingerprint density at radius 1 is 0.973 bits per heavy atom. The van der Waals surface area contributed by atoms with Crippen LogP contribution in [-0.2, 0) is 11.2 Å². The van der Waals surface area contributed by atoms with E-state index in [9.17, 15) is 27.9 Å². The number of carbonyl (C=O) groups is 2. The van der Waals surface area contributed by atoms with Crippen molar-refractivity contribution in [1.29, 1.82) is 0 Å². The Hall–Kier alpha value is -3.27. The predicted octanol–water partition coefficient (Wildman–Crippen LogP) is 4.42. The highest BCUT2D eigenvalue weighted by Gasteiger charge is 2.29. The van der Waals surface area contributed by atoms with E-state index in [0.29, 0.717) is 24.1 Å². The molecule has 1 aliphatic heterocycles. The minimum atomic E-state index is -1.35. The third-order valence-corrected chi connectivity index (χ3v) is 6.60. The van der Waals surface area contributed by atoms with Crippen molar-refractivity contribution in [2.45, 2.75) is 18.5 Å². The van der Waals surface area contributed by atoms with Crippen LogP contribution in [0.5, 0.6) is 0 Å². The Bertz CT molecular complexity index is 1340. The predicted molar refractivity (Wildman–Crippen MR) is 134 cm³/mol. The van der Waals surface area contributed by atoms with Gasteiger partial charge in [-0.25, -0.2) is 13.2 Å². The van der Waals surface area contributed by atoms with Gasteiger partial charge < -0.3 is 20.6 Å². The summed E-state index contributed by atoms with van der Waals surface area (Å²) in [5, 5.41) is 15.6. The van der Waals surface area contributed by atoms with E-state index in [2.05, 4.69) is 10.6 Å². The fraction of sp³-hybridized carbons (Fsp3) is 0.231. The van der Waals surface area contributed by atoms with Crippen LogP contribution in [0.15, 0.2) is 54.6 Å². The summed E-state index contributed by atoms with van der Waals surface area (Å²) in [4.78, 5) is 28.1. The van der Waals surface area contributed by atoms with Gasteiger partial charge in [0.05, 0.1) is 12.6 Å². The third-order valence-electron chi connectivity index (χ3n) is 6.03. The molecule has 1 heterocycles. The molecule has 0 aromatic heterocycles. The lowest BCUT2D eigenvalue weighted by atomic mass is 10.0.